The Labute approximate surface area is 126 Å². The standard InChI is InChI=1S/C15H13N4O3/c1-21-10-5-3-4-9(6-10)12-7-11(14(16)20)13(22-2)15-17-8-18-19(12)15/h3-7H,1-2H3,(H2,16,20). The minimum Gasteiger partial charge on any atom is -0.497 e. The Morgan fingerprint density at radius 2 is 2.09 bits per heavy atom. The zero-order chi connectivity index (χ0) is 15.7. The number of ether oxygens (including phenoxy) is 2. The quantitative estimate of drug-likeness (QED) is 0.784. The maximum atomic E-state index is 11.7. The molecule has 1 radical (unpaired) electrons. The van der Waals surface area contributed by atoms with Crippen LogP contribution in [0.1, 0.15) is 10.4 Å². The maximum Gasteiger partial charge on any atom is 0.252 e. The molecule has 0 unspecified atom stereocenters. The van der Waals surface area contributed by atoms with Crippen LogP contribution in [0.15, 0.2) is 30.3 Å². The van der Waals surface area contributed by atoms with Gasteiger partial charge in [-0.05, 0) is 18.2 Å². The molecule has 111 valence electrons. The monoisotopic (exact) mass is 297 g/mol. The Morgan fingerprint density at radius 3 is 2.77 bits per heavy atom. The van der Waals surface area contributed by atoms with E-state index in [0.717, 1.165) is 5.56 Å². The van der Waals surface area contributed by atoms with E-state index < -0.39 is 5.91 Å². The zero-order valence-corrected chi connectivity index (χ0v) is 12.0. The minimum atomic E-state index is -0.605. The van der Waals surface area contributed by atoms with Crippen LogP contribution >= 0.6 is 0 Å². The van der Waals surface area contributed by atoms with Crippen molar-refractivity contribution in [1.82, 2.24) is 14.6 Å². The number of carbonyl (C=O) groups is 1. The molecule has 2 heterocycles. The number of hydrogen-bond donors (Lipinski definition) is 1. The Bertz CT molecular complexity index is 857. The van der Waals surface area contributed by atoms with E-state index in [-0.39, 0.29) is 11.3 Å². The summed E-state index contributed by atoms with van der Waals surface area (Å²) < 4.78 is 12.0. The molecule has 3 rings (SSSR count). The van der Waals surface area contributed by atoms with Crippen LogP contribution in [0.25, 0.3) is 16.9 Å². The van der Waals surface area contributed by atoms with E-state index in [1.807, 2.05) is 24.3 Å². The van der Waals surface area contributed by atoms with Gasteiger partial charge in [0.15, 0.2) is 11.4 Å². The van der Waals surface area contributed by atoms with E-state index in [1.165, 1.54) is 7.11 Å². The highest BCUT2D eigenvalue weighted by atomic mass is 16.5. The van der Waals surface area contributed by atoms with Gasteiger partial charge in [0.25, 0.3) is 5.91 Å². The summed E-state index contributed by atoms with van der Waals surface area (Å²) in [5, 5.41) is 4.07. The number of nitrogens with two attached hydrogens (primary N) is 1. The summed E-state index contributed by atoms with van der Waals surface area (Å²) in [5.74, 6) is 0.352. The fraction of sp³-hybridized carbons (Fsp3) is 0.133. The van der Waals surface area contributed by atoms with Crippen LogP contribution in [0.3, 0.4) is 0 Å². The number of methoxy groups -OCH3 is 2. The predicted octanol–water partition coefficient (Wildman–Crippen LogP) is 1.31. The molecule has 0 spiro atoms. The van der Waals surface area contributed by atoms with Gasteiger partial charge in [0.05, 0.1) is 25.5 Å². The van der Waals surface area contributed by atoms with E-state index >= 15 is 0 Å². The molecule has 0 bridgehead atoms. The molecular weight excluding hydrogens is 284 g/mol. The van der Waals surface area contributed by atoms with Gasteiger partial charge in [-0.1, -0.05) is 12.1 Å². The number of aromatic nitrogens is 3. The van der Waals surface area contributed by atoms with Crippen molar-refractivity contribution < 1.29 is 14.3 Å². The smallest absolute Gasteiger partial charge is 0.252 e. The van der Waals surface area contributed by atoms with Crippen molar-refractivity contribution in [2.75, 3.05) is 14.2 Å². The van der Waals surface area contributed by atoms with E-state index in [2.05, 4.69) is 16.4 Å². The average molecular weight is 297 g/mol. The Balaban J connectivity index is 2.33. The van der Waals surface area contributed by atoms with E-state index in [0.29, 0.717) is 17.1 Å². The number of rotatable bonds is 4. The zero-order valence-electron chi connectivity index (χ0n) is 12.0. The molecule has 0 atom stereocenters. The van der Waals surface area contributed by atoms with Gasteiger partial charge >= 0.3 is 0 Å². The Kier molecular flexibility index (Phi) is 3.38. The maximum absolute atomic E-state index is 11.7. The summed E-state index contributed by atoms with van der Waals surface area (Å²) in [6.07, 6.45) is 2.52. The summed E-state index contributed by atoms with van der Waals surface area (Å²) in [6, 6.07) is 8.98. The number of primary amides is 1. The lowest BCUT2D eigenvalue weighted by Crippen LogP contribution is -2.14. The summed E-state index contributed by atoms with van der Waals surface area (Å²) in [4.78, 5) is 15.7. The number of amides is 1. The normalized spacial score (nSPS) is 10.6. The molecule has 7 nitrogen and oxygen atoms in total. The molecule has 0 aliphatic carbocycles. The first kappa shape index (κ1) is 13.9. The molecule has 1 aromatic carbocycles. The van der Waals surface area contributed by atoms with Crippen molar-refractivity contribution in [2.45, 2.75) is 0 Å². The van der Waals surface area contributed by atoms with Gasteiger partial charge in [-0.25, -0.2) is 9.50 Å². The van der Waals surface area contributed by atoms with Gasteiger partial charge in [-0.2, -0.15) is 0 Å². The van der Waals surface area contributed by atoms with Gasteiger partial charge in [0, 0.05) is 5.56 Å². The third-order valence-electron chi connectivity index (χ3n) is 3.29. The molecule has 1 amide bonds. The van der Waals surface area contributed by atoms with Crippen LogP contribution in [0, 0.1) is 6.33 Å². The van der Waals surface area contributed by atoms with Crippen molar-refractivity contribution in [1.29, 1.82) is 0 Å². The summed E-state index contributed by atoms with van der Waals surface area (Å²) in [5.41, 5.74) is 7.48. The molecular formula is C15H13N4O3. The molecule has 0 aliphatic heterocycles. The van der Waals surface area contributed by atoms with E-state index in [9.17, 15) is 4.79 Å². The lowest BCUT2D eigenvalue weighted by molar-refractivity contribution is 0.0997. The van der Waals surface area contributed by atoms with Crippen molar-refractivity contribution >= 4 is 11.6 Å². The largest absolute Gasteiger partial charge is 0.497 e. The van der Waals surface area contributed by atoms with Crippen LogP contribution in [-0.4, -0.2) is 34.7 Å². The van der Waals surface area contributed by atoms with Crippen LogP contribution < -0.4 is 15.2 Å². The fourth-order valence-electron chi connectivity index (χ4n) is 2.28. The molecule has 3 aromatic rings. The van der Waals surface area contributed by atoms with Crippen molar-refractivity contribution in [2.24, 2.45) is 5.73 Å². The predicted molar refractivity (Wildman–Crippen MR) is 78.9 cm³/mol. The molecule has 0 saturated heterocycles. The van der Waals surface area contributed by atoms with Crippen LogP contribution in [0.5, 0.6) is 11.5 Å². The Hall–Kier alpha value is -3.09. The van der Waals surface area contributed by atoms with Gasteiger partial charge in [-0.15, -0.1) is 5.10 Å². The fourth-order valence-corrected chi connectivity index (χ4v) is 2.28. The average Bonchev–Trinajstić information content (AvgIpc) is 3.02. The highest BCUT2D eigenvalue weighted by Gasteiger charge is 2.19. The number of nitrogens with zero attached hydrogens (tertiary/aromatic N) is 3. The summed E-state index contributed by atoms with van der Waals surface area (Å²) in [6.45, 7) is 0. The third-order valence-corrected chi connectivity index (χ3v) is 3.29. The second-order valence-corrected chi connectivity index (χ2v) is 4.52. The van der Waals surface area contributed by atoms with Gasteiger partial charge < -0.3 is 15.2 Å². The number of hydrogen-bond acceptors (Lipinski definition) is 5. The van der Waals surface area contributed by atoms with Crippen LogP contribution in [0.2, 0.25) is 0 Å². The highest BCUT2D eigenvalue weighted by Crippen LogP contribution is 2.31. The van der Waals surface area contributed by atoms with Crippen LogP contribution in [-0.2, 0) is 0 Å². The van der Waals surface area contributed by atoms with E-state index in [4.69, 9.17) is 15.2 Å². The Morgan fingerprint density at radius 1 is 1.27 bits per heavy atom. The molecule has 2 N–H and O–H groups in total. The highest BCUT2D eigenvalue weighted by molar-refractivity contribution is 5.99. The number of pyridine rings is 1. The van der Waals surface area contributed by atoms with Gasteiger partial charge in [-0.3, -0.25) is 4.79 Å². The van der Waals surface area contributed by atoms with Gasteiger partial charge in [0.1, 0.15) is 5.75 Å². The van der Waals surface area contributed by atoms with E-state index in [1.54, 1.807) is 17.7 Å². The summed E-state index contributed by atoms with van der Waals surface area (Å²) >= 11 is 0. The number of benzene rings is 1. The first-order valence-electron chi connectivity index (χ1n) is 6.43. The lowest BCUT2D eigenvalue weighted by atomic mass is 10.1. The molecule has 22 heavy (non-hydrogen) atoms. The lowest BCUT2D eigenvalue weighted by Gasteiger charge is -2.12. The van der Waals surface area contributed by atoms with Crippen molar-refractivity contribution in [3.63, 3.8) is 0 Å². The molecule has 0 fully saturated rings. The molecule has 0 aliphatic rings. The molecule has 2 aromatic heterocycles. The molecule has 7 heteroatoms. The topological polar surface area (TPSA) is 91.7 Å². The van der Waals surface area contributed by atoms with Crippen LogP contribution in [0.4, 0.5) is 0 Å². The second kappa shape index (κ2) is 5.36. The number of fused-ring (bicyclic) bond motifs is 1. The van der Waals surface area contributed by atoms with Crippen molar-refractivity contribution in [3.05, 3.63) is 42.2 Å². The minimum absolute atomic E-state index is 0.231. The SMILES string of the molecule is COc1cccc(-c2cc(C(N)=O)c(OC)c3n[c]nn23)c1. The molecule has 0 saturated carbocycles. The third kappa shape index (κ3) is 2.12. The van der Waals surface area contributed by atoms with Crippen molar-refractivity contribution in [3.8, 4) is 22.8 Å². The first-order chi connectivity index (χ1) is 10.7. The first-order valence-corrected chi connectivity index (χ1v) is 6.43. The number of carbonyl (C=O) groups excluding carboxylic acids is 1. The summed E-state index contributed by atoms with van der Waals surface area (Å²) in [7, 11) is 3.03. The van der Waals surface area contributed by atoms with Gasteiger partial charge in [0.2, 0.25) is 6.33 Å². The second-order valence-electron chi connectivity index (χ2n) is 4.52.